The molecule has 0 spiro atoms. The summed E-state index contributed by atoms with van der Waals surface area (Å²) in [5, 5.41) is 4.67. The van der Waals surface area contributed by atoms with E-state index in [1.165, 1.54) is 16.5 Å². The molecule has 6 nitrogen and oxygen atoms in total. The van der Waals surface area contributed by atoms with Gasteiger partial charge in [0, 0.05) is 49.8 Å². The number of para-hydroxylation sites is 1. The standard InChI is InChI=1S/C22H27N5O/c1-2-26-11-13-27(14-12-26)22(28)21-8-7-18(16-25-21)23-10-9-17-15-24-20-6-4-3-5-19(17)20/h3-8,15-16,23-24H,2,9-14H2,1H3. The van der Waals surface area contributed by atoms with Crippen molar-refractivity contribution in [2.24, 2.45) is 0 Å². The molecular formula is C22H27N5O. The van der Waals surface area contributed by atoms with Crippen LogP contribution in [0.5, 0.6) is 0 Å². The molecule has 1 aliphatic rings. The number of likely N-dealkylation sites (N-methyl/N-ethyl adjacent to an activating group) is 1. The van der Waals surface area contributed by atoms with Crippen molar-refractivity contribution >= 4 is 22.5 Å². The van der Waals surface area contributed by atoms with Crippen molar-refractivity contribution in [2.45, 2.75) is 13.3 Å². The topological polar surface area (TPSA) is 64.3 Å². The first-order valence-corrected chi connectivity index (χ1v) is 10.0. The number of nitrogens with zero attached hydrogens (tertiary/aromatic N) is 3. The number of aromatic amines is 1. The lowest BCUT2D eigenvalue weighted by Crippen LogP contribution is -2.48. The van der Waals surface area contributed by atoms with Crippen LogP contribution in [0.3, 0.4) is 0 Å². The Balaban J connectivity index is 1.30. The molecule has 3 heterocycles. The van der Waals surface area contributed by atoms with Gasteiger partial charge in [-0.3, -0.25) is 4.79 Å². The van der Waals surface area contributed by atoms with Crippen molar-refractivity contribution in [3.8, 4) is 0 Å². The molecule has 4 rings (SSSR count). The fraction of sp³-hybridized carbons (Fsp3) is 0.364. The number of H-pyrrole nitrogens is 1. The maximum atomic E-state index is 12.6. The second-order valence-corrected chi connectivity index (χ2v) is 7.19. The summed E-state index contributed by atoms with van der Waals surface area (Å²) < 4.78 is 0. The maximum absolute atomic E-state index is 12.6. The molecule has 6 heteroatoms. The van der Waals surface area contributed by atoms with Gasteiger partial charge in [-0.15, -0.1) is 0 Å². The summed E-state index contributed by atoms with van der Waals surface area (Å²) in [6, 6.07) is 12.1. The molecule has 2 N–H and O–H groups in total. The van der Waals surface area contributed by atoms with Crippen LogP contribution in [0.15, 0.2) is 48.8 Å². The van der Waals surface area contributed by atoms with E-state index in [0.717, 1.165) is 51.4 Å². The molecule has 146 valence electrons. The Morgan fingerprint density at radius 3 is 2.71 bits per heavy atom. The van der Waals surface area contributed by atoms with Gasteiger partial charge >= 0.3 is 0 Å². The second-order valence-electron chi connectivity index (χ2n) is 7.19. The maximum Gasteiger partial charge on any atom is 0.272 e. The van der Waals surface area contributed by atoms with E-state index in [-0.39, 0.29) is 5.91 Å². The number of hydrogen-bond acceptors (Lipinski definition) is 4. The Labute approximate surface area is 165 Å². The zero-order valence-electron chi connectivity index (χ0n) is 16.3. The Morgan fingerprint density at radius 2 is 1.96 bits per heavy atom. The van der Waals surface area contributed by atoms with E-state index in [1.807, 2.05) is 23.1 Å². The molecule has 0 radical (unpaired) electrons. The molecule has 1 fully saturated rings. The lowest BCUT2D eigenvalue weighted by atomic mass is 10.1. The Kier molecular flexibility index (Phi) is 5.58. The number of rotatable bonds is 6. The number of carbonyl (C=O) groups is 1. The molecule has 0 atom stereocenters. The van der Waals surface area contributed by atoms with Crippen molar-refractivity contribution in [3.63, 3.8) is 0 Å². The van der Waals surface area contributed by atoms with Crippen LogP contribution >= 0.6 is 0 Å². The van der Waals surface area contributed by atoms with Crippen LogP contribution < -0.4 is 5.32 Å². The quantitative estimate of drug-likeness (QED) is 0.693. The minimum absolute atomic E-state index is 0.0288. The van der Waals surface area contributed by atoms with Crippen LogP contribution in [-0.4, -0.2) is 64.9 Å². The van der Waals surface area contributed by atoms with E-state index in [4.69, 9.17) is 0 Å². The number of aromatic nitrogens is 2. The van der Waals surface area contributed by atoms with Crippen molar-refractivity contribution in [1.29, 1.82) is 0 Å². The number of carbonyl (C=O) groups excluding carboxylic acids is 1. The highest BCUT2D eigenvalue weighted by atomic mass is 16.2. The van der Waals surface area contributed by atoms with Crippen LogP contribution in [0.2, 0.25) is 0 Å². The molecular weight excluding hydrogens is 350 g/mol. The fourth-order valence-electron chi connectivity index (χ4n) is 3.73. The molecule has 0 unspecified atom stereocenters. The average Bonchev–Trinajstić information content (AvgIpc) is 3.17. The average molecular weight is 377 g/mol. The molecule has 0 bridgehead atoms. The van der Waals surface area contributed by atoms with Crippen LogP contribution in [0.25, 0.3) is 10.9 Å². The Bertz CT molecular complexity index is 926. The summed E-state index contributed by atoms with van der Waals surface area (Å²) in [6.07, 6.45) is 4.75. The Hall–Kier alpha value is -2.86. The number of pyridine rings is 1. The first kappa shape index (κ1) is 18.5. The monoisotopic (exact) mass is 377 g/mol. The molecule has 1 saturated heterocycles. The highest BCUT2D eigenvalue weighted by Crippen LogP contribution is 2.18. The van der Waals surface area contributed by atoms with Gasteiger partial charge in [0.05, 0.1) is 11.9 Å². The highest BCUT2D eigenvalue weighted by molar-refractivity contribution is 5.92. The van der Waals surface area contributed by atoms with Gasteiger partial charge in [0.2, 0.25) is 0 Å². The highest BCUT2D eigenvalue weighted by Gasteiger charge is 2.21. The van der Waals surface area contributed by atoms with Crippen LogP contribution in [0.4, 0.5) is 5.69 Å². The normalized spacial score (nSPS) is 15.1. The number of anilines is 1. The summed E-state index contributed by atoms with van der Waals surface area (Å²) in [4.78, 5) is 24.6. The zero-order chi connectivity index (χ0) is 19.3. The molecule has 28 heavy (non-hydrogen) atoms. The molecule has 0 aliphatic carbocycles. The van der Waals surface area contributed by atoms with Crippen LogP contribution in [-0.2, 0) is 6.42 Å². The third-order valence-corrected chi connectivity index (χ3v) is 5.49. The van der Waals surface area contributed by atoms with E-state index >= 15 is 0 Å². The van der Waals surface area contributed by atoms with Gasteiger partial charge in [0.15, 0.2) is 0 Å². The molecule has 3 aromatic rings. The van der Waals surface area contributed by atoms with Crippen molar-refractivity contribution in [2.75, 3.05) is 44.6 Å². The third kappa shape index (κ3) is 4.02. The minimum atomic E-state index is 0.0288. The Morgan fingerprint density at radius 1 is 1.14 bits per heavy atom. The summed E-state index contributed by atoms with van der Waals surface area (Å²) >= 11 is 0. The van der Waals surface area contributed by atoms with E-state index < -0.39 is 0 Å². The number of fused-ring (bicyclic) bond motifs is 1. The smallest absolute Gasteiger partial charge is 0.272 e. The van der Waals surface area contributed by atoms with Crippen LogP contribution in [0.1, 0.15) is 23.0 Å². The number of piperazine rings is 1. The zero-order valence-corrected chi connectivity index (χ0v) is 16.3. The first-order valence-electron chi connectivity index (χ1n) is 10.0. The molecule has 1 aliphatic heterocycles. The summed E-state index contributed by atoms with van der Waals surface area (Å²) in [5.41, 5.74) is 3.93. The summed E-state index contributed by atoms with van der Waals surface area (Å²) in [5.74, 6) is 0.0288. The predicted octanol–water partition coefficient (Wildman–Crippen LogP) is 3.00. The lowest BCUT2D eigenvalue weighted by Gasteiger charge is -2.33. The largest absolute Gasteiger partial charge is 0.383 e. The number of nitrogens with one attached hydrogen (secondary N) is 2. The van der Waals surface area contributed by atoms with Crippen molar-refractivity contribution < 1.29 is 4.79 Å². The van der Waals surface area contributed by atoms with Gasteiger partial charge in [-0.05, 0) is 36.7 Å². The predicted molar refractivity (Wildman–Crippen MR) is 113 cm³/mol. The summed E-state index contributed by atoms with van der Waals surface area (Å²) in [6.45, 7) is 7.45. The van der Waals surface area contributed by atoms with Crippen molar-refractivity contribution in [1.82, 2.24) is 19.8 Å². The van der Waals surface area contributed by atoms with E-state index in [0.29, 0.717) is 5.69 Å². The van der Waals surface area contributed by atoms with Gasteiger partial charge in [-0.2, -0.15) is 0 Å². The van der Waals surface area contributed by atoms with E-state index in [9.17, 15) is 4.79 Å². The number of amides is 1. The van der Waals surface area contributed by atoms with Crippen LogP contribution in [0, 0.1) is 0 Å². The van der Waals surface area contributed by atoms with Crippen molar-refractivity contribution in [3.05, 3.63) is 60.0 Å². The molecule has 2 aromatic heterocycles. The lowest BCUT2D eigenvalue weighted by molar-refractivity contribution is 0.0637. The fourth-order valence-corrected chi connectivity index (χ4v) is 3.73. The molecule has 1 amide bonds. The number of benzene rings is 1. The number of hydrogen-bond donors (Lipinski definition) is 2. The summed E-state index contributed by atoms with van der Waals surface area (Å²) in [7, 11) is 0. The third-order valence-electron chi connectivity index (χ3n) is 5.49. The molecule has 0 saturated carbocycles. The second kappa shape index (κ2) is 8.44. The SMILES string of the molecule is CCN1CCN(C(=O)c2ccc(NCCc3c[nH]c4ccccc34)cn2)CC1. The first-order chi connectivity index (χ1) is 13.7. The van der Waals surface area contributed by atoms with E-state index in [1.54, 1.807) is 6.20 Å². The molecule has 1 aromatic carbocycles. The van der Waals surface area contributed by atoms with Gasteiger partial charge in [-0.25, -0.2) is 4.98 Å². The van der Waals surface area contributed by atoms with Gasteiger partial charge in [0.1, 0.15) is 5.69 Å². The minimum Gasteiger partial charge on any atom is -0.383 e. The van der Waals surface area contributed by atoms with Gasteiger partial charge in [0.25, 0.3) is 5.91 Å². The van der Waals surface area contributed by atoms with Gasteiger partial charge in [-0.1, -0.05) is 25.1 Å². The van der Waals surface area contributed by atoms with E-state index in [2.05, 4.69) is 51.5 Å². The van der Waals surface area contributed by atoms with Gasteiger partial charge < -0.3 is 20.1 Å².